The molecule has 0 aliphatic heterocycles. The van der Waals surface area contributed by atoms with Crippen LogP contribution in [0, 0.1) is 10.1 Å². The monoisotopic (exact) mass is 348 g/mol. The quantitative estimate of drug-likeness (QED) is 0.628. The molecule has 0 aliphatic carbocycles. The highest BCUT2D eigenvalue weighted by atomic mass is 79.9. The molecule has 0 radical (unpaired) electrons. The van der Waals surface area contributed by atoms with Crippen LogP contribution in [0.5, 0.6) is 0 Å². The number of non-ortho nitro benzene ring substituents is 1. The minimum absolute atomic E-state index is 0.0990. The van der Waals surface area contributed by atoms with Crippen LogP contribution >= 0.6 is 15.9 Å². The number of halogens is 1. The predicted octanol–water partition coefficient (Wildman–Crippen LogP) is 4.21. The van der Waals surface area contributed by atoms with Gasteiger partial charge in [-0.05, 0) is 29.2 Å². The van der Waals surface area contributed by atoms with Crippen LogP contribution in [0.25, 0.3) is 0 Å². The molecule has 0 amide bonds. The van der Waals surface area contributed by atoms with Crippen LogP contribution in [0.15, 0.2) is 46.9 Å². The topological polar surface area (TPSA) is 55.2 Å². The molecule has 0 unspecified atom stereocenters. The number of benzene rings is 2. The summed E-state index contributed by atoms with van der Waals surface area (Å²) in [5.74, 6) is 0. The van der Waals surface area contributed by atoms with Crippen LogP contribution in [0.2, 0.25) is 0 Å². The normalized spacial score (nSPS) is 10.6. The predicted molar refractivity (Wildman–Crippen MR) is 87.2 cm³/mol. The van der Waals surface area contributed by atoms with Crippen LogP contribution in [-0.4, -0.2) is 4.92 Å². The maximum absolute atomic E-state index is 10.7. The van der Waals surface area contributed by atoms with Gasteiger partial charge in [-0.2, -0.15) is 0 Å². The summed E-state index contributed by atoms with van der Waals surface area (Å²) >= 11 is 3.39. The van der Waals surface area contributed by atoms with Gasteiger partial charge in [0.25, 0.3) is 5.69 Å². The van der Waals surface area contributed by atoms with Gasteiger partial charge in [-0.15, -0.1) is 0 Å². The van der Waals surface area contributed by atoms with Gasteiger partial charge < -0.3 is 5.32 Å². The first-order valence-corrected chi connectivity index (χ1v) is 7.61. The standard InChI is InChI=1S/C16H17BrN2O2/c1-2-12-5-3-4-6-13(12)10-18-11-14-7-8-15(19(20)21)9-16(14)17/h3-9,18H,2,10-11H2,1H3. The average Bonchev–Trinajstić information content (AvgIpc) is 2.49. The lowest BCUT2D eigenvalue weighted by Crippen LogP contribution is -2.14. The van der Waals surface area contributed by atoms with Gasteiger partial charge in [0.1, 0.15) is 0 Å². The Kier molecular flexibility index (Phi) is 5.47. The van der Waals surface area contributed by atoms with Crippen molar-refractivity contribution in [1.82, 2.24) is 5.32 Å². The second-order valence-electron chi connectivity index (χ2n) is 4.76. The molecule has 4 nitrogen and oxygen atoms in total. The lowest BCUT2D eigenvalue weighted by molar-refractivity contribution is -0.384. The zero-order chi connectivity index (χ0) is 15.2. The smallest absolute Gasteiger partial charge is 0.270 e. The van der Waals surface area contributed by atoms with Gasteiger partial charge in [-0.3, -0.25) is 10.1 Å². The fourth-order valence-corrected chi connectivity index (χ4v) is 2.71. The maximum atomic E-state index is 10.7. The van der Waals surface area contributed by atoms with E-state index < -0.39 is 0 Å². The van der Waals surface area contributed by atoms with Gasteiger partial charge in [0.15, 0.2) is 0 Å². The van der Waals surface area contributed by atoms with E-state index in [1.165, 1.54) is 23.3 Å². The van der Waals surface area contributed by atoms with Crippen molar-refractivity contribution in [2.75, 3.05) is 0 Å². The zero-order valence-corrected chi connectivity index (χ0v) is 13.4. The summed E-state index contributed by atoms with van der Waals surface area (Å²) in [5, 5.41) is 14.1. The van der Waals surface area contributed by atoms with Crippen molar-refractivity contribution < 1.29 is 4.92 Å². The number of nitro groups is 1. The molecule has 0 spiro atoms. The first-order chi connectivity index (χ1) is 10.1. The molecule has 21 heavy (non-hydrogen) atoms. The highest BCUT2D eigenvalue weighted by molar-refractivity contribution is 9.10. The van der Waals surface area contributed by atoms with E-state index in [2.05, 4.69) is 46.4 Å². The van der Waals surface area contributed by atoms with Crippen molar-refractivity contribution in [3.05, 3.63) is 73.7 Å². The van der Waals surface area contributed by atoms with E-state index in [-0.39, 0.29) is 10.6 Å². The van der Waals surface area contributed by atoms with E-state index in [1.807, 2.05) is 6.07 Å². The fraction of sp³-hybridized carbons (Fsp3) is 0.250. The first kappa shape index (κ1) is 15.7. The van der Waals surface area contributed by atoms with Crippen LogP contribution in [0.3, 0.4) is 0 Å². The molecule has 0 fully saturated rings. The largest absolute Gasteiger partial charge is 0.309 e. The van der Waals surface area contributed by atoms with Crippen molar-refractivity contribution in [3.8, 4) is 0 Å². The molecule has 5 heteroatoms. The van der Waals surface area contributed by atoms with Crippen molar-refractivity contribution in [2.45, 2.75) is 26.4 Å². The van der Waals surface area contributed by atoms with Crippen molar-refractivity contribution in [2.24, 2.45) is 0 Å². The van der Waals surface area contributed by atoms with Gasteiger partial charge in [0.05, 0.1) is 4.92 Å². The number of nitrogens with zero attached hydrogens (tertiary/aromatic N) is 1. The molecule has 2 rings (SSSR count). The Balaban J connectivity index is 1.99. The molecule has 0 aromatic heterocycles. The van der Waals surface area contributed by atoms with Gasteiger partial charge in [-0.25, -0.2) is 0 Å². The van der Waals surface area contributed by atoms with Crippen molar-refractivity contribution >= 4 is 21.6 Å². The number of nitro benzene ring substituents is 1. The minimum Gasteiger partial charge on any atom is -0.309 e. The summed E-state index contributed by atoms with van der Waals surface area (Å²) < 4.78 is 0.757. The molecule has 0 heterocycles. The summed E-state index contributed by atoms with van der Waals surface area (Å²) in [6.07, 6.45) is 1.01. The molecule has 0 aliphatic rings. The van der Waals surface area contributed by atoms with Gasteiger partial charge >= 0.3 is 0 Å². The molecule has 0 bridgehead atoms. The Morgan fingerprint density at radius 3 is 2.38 bits per heavy atom. The SMILES string of the molecule is CCc1ccccc1CNCc1ccc([N+](=O)[O-])cc1Br. The summed E-state index contributed by atoms with van der Waals surface area (Å²) in [6, 6.07) is 13.2. The average molecular weight is 349 g/mol. The minimum atomic E-state index is -0.389. The number of rotatable bonds is 6. The third-order valence-electron chi connectivity index (χ3n) is 3.38. The Labute approximate surface area is 132 Å². The van der Waals surface area contributed by atoms with Crippen molar-refractivity contribution in [3.63, 3.8) is 0 Å². The van der Waals surface area contributed by atoms with Crippen LogP contribution in [0.1, 0.15) is 23.6 Å². The van der Waals surface area contributed by atoms with Crippen LogP contribution < -0.4 is 5.32 Å². The second kappa shape index (κ2) is 7.33. The van der Waals surface area contributed by atoms with Crippen molar-refractivity contribution in [1.29, 1.82) is 0 Å². The third-order valence-corrected chi connectivity index (χ3v) is 4.12. The van der Waals surface area contributed by atoms with E-state index in [1.54, 1.807) is 6.07 Å². The van der Waals surface area contributed by atoms with Gasteiger partial charge in [-0.1, -0.05) is 47.1 Å². The first-order valence-electron chi connectivity index (χ1n) is 6.82. The highest BCUT2D eigenvalue weighted by Gasteiger charge is 2.09. The summed E-state index contributed by atoms with van der Waals surface area (Å²) in [6.45, 7) is 3.59. The number of aryl methyl sites for hydroxylation is 1. The Bertz CT molecular complexity index is 644. The molecule has 0 saturated heterocycles. The molecule has 2 aromatic carbocycles. The summed E-state index contributed by atoms with van der Waals surface area (Å²) in [4.78, 5) is 10.3. The van der Waals surface area contributed by atoms with Gasteiger partial charge in [0.2, 0.25) is 0 Å². The lowest BCUT2D eigenvalue weighted by Gasteiger charge is -2.10. The Morgan fingerprint density at radius 1 is 1.10 bits per heavy atom. The Hall–Kier alpha value is -1.72. The molecule has 1 N–H and O–H groups in total. The second-order valence-corrected chi connectivity index (χ2v) is 5.61. The van der Waals surface area contributed by atoms with E-state index >= 15 is 0 Å². The molecular weight excluding hydrogens is 332 g/mol. The van der Waals surface area contributed by atoms with E-state index in [0.29, 0.717) is 6.54 Å². The number of nitrogens with one attached hydrogen (secondary N) is 1. The zero-order valence-electron chi connectivity index (χ0n) is 11.8. The maximum Gasteiger partial charge on any atom is 0.270 e. The van der Waals surface area contributed by atoms with Gasteiger partial charge in [0, 0.05) is 29.7 Å². The third kappa shape index (κ3) is 4.12. The summed E-state index contributed by atoms with van der Waals surface area (Å²) in [5.41, 5.74) is 3.74. The van der Waals surface area contributed by atoms with E-state index in [9.17, 15) is 10.1 Å². The van der Waals surface area contributed by atoms with Crippen LogP contribution in [-0.2, 0) is 19.5 Å². The molecular formula is C16H17BrN2O2. The highest BCUT2D eigenvalue weighted by Crippen LogP contribution is 2.23. The lowest BCUT2D eigenvalue weighted by atomic mass is 10.1. The van der Waals surface area contributed by atoms with E-state index in [4.69, 9.17) is 0 Å². The summed E-state index contributed by atoms with van der Waals surface area (Å²) in [7, 11) is 0. The van der Waals surface area contributed by atoms with E-state index in [0.717, 1.165) is 23.0 Å². The molecule has 0 saturated carbocycles. The number of hydrogen-bond acceptors (Lipinski definition) is 3. The van der Waals surface area contributed by atoms with Crippen LogP contribution in [0.4, 0.5) is 5.69 Å². The number of hydrogen-bond donors (Lipinski definition) is 1. The fourth-order valence-electron chi connectivity index (χ4n) is 2.20. The Morgan fingerprint density at radius 2 is 1.76 bits per heavy atom. The molecule has 0 atom stereocenters. The molecule has 110 valence electrons. The molecule has 2 aromatic rings.